The molecule has 5 nitrogen and oxygen atoms in total. The second-order valence-electron chi connectivity index (χ2n) is 6.72. The molecule has 0 aromatic carbocycles. The predicted octanol–water partition coefficient (Wildman–Crippen LogP) is 2.55. The van der Waals surface area contributed by atoms with Gasteiger partial charge in [0.05, 0.1) is 6.61 Å². The Labute approximate surface area is 157 Å². The van der Waals surface area contributed by atoms with Gasteiger partial charge in [-0.25, -0.2) is 0 Å². The van der Waals surface area contributed by atoms with Crippen LogP contribution < -0.4 is 5.32 Å². The number of rotatable bonds is 9. The molecule has 142 valence electrons. The van der Waals surface area contributed by atoms with Crippen LogP contribution in [0.15, 0.2) is 22.5 Å². The van der Waals surface area contributed by atoms with Crippen molar-refractivity contribution in [2.75, 3.05) is 60.0 Å². The summed E-state index contributed by atoms with van der Waals surface area (Å²) in [4.78, 5) is 11.1. The molecular formula is C19H34N4OS. The number of guanidine groups is 1. The summed E-state index contributed by atoms with van der Waals surface area (Å²) in [5.41, 5.74) is 0. The summed E-state index contributed by atoms with van der Waals surface area (Å²) in [6.07, 6.45) is 3.56. The Morgan fingerprint density at radius 3 is 2.88 bits per heavy atom. The lowest BCUT2D eigenvalue weighted by atomic mass is 9.97. The molecule has 0 atom stereocenters. The van der Waals surface area contributed by atoms with E-state index in [4.69, 9.17) is 9.73 Å². The van der Waals surface area contributed by atoms with Gasteiger partial charge in [0.25, 0.3) is 0 Å². The molecule has 0 bridgehead atoms. The predicted molar refractivity (Wildman–Crippen MR) is 108 cm³/mol. The summed E-state index contributed by atoms with van der Waals surface area (Å²) in [6, 6.07) is 4.33. The van der Waals surface area contributed by atoms with Crippen LogP contribution in [0.25, 0.3) is 0 Å². The Morgan fingerprint density at radius 2 is 2.24 bits per heavy atom. The summed E-state index contributed by atoms with van der Waals surface area (Å²) >= 11 is 1.83. The van der Waals surface area contributed by atoms with Crippen LogP contribution in [0.2, 0.25) is 0 Å². The smallest absolute Gasteiger partial charge is 0.193 e. The fraction of sp³-hybridized carbons (Fsp3) is 0.737. The number of methoxy groups -OCH3 is 1. The van der Waals surface area contributed by atoms with E-state index in [1.54, 1.807) is 7.11 Å². The quantitative estimate of drug-likeness (QED) is 0.539. The number of aliphatic imine (C=N–C) groups is 1. The minimum Gasteiger partial charge on any atom is -0.383 e. The third-order valence-electron chi connectivity index (χ3n) is 4.79. The van der Waals surface area contributed by atoms with Gasteiger partial charge in [0, 0.05) is 45.2 Å². The van der Waals surface area contributed by atoms with Crippen LogP contribution in [0.5, 0.6) is 0 Å². The summed E-state index contributed by atoms with van der Waals surface area (Å²) in [5.74, 6) is 1.75. The van der Waals surface area contributed by atoms with Crippen molar-refractivity contribution in [2.24, 2.45) is 10.9 Å². The van der Waals surface area contributed by atoms with E-state index in [9.17, 15) is 0 Å². The Kier molecular flexibility index (Phi) is 9.29. The maximum atomic E-state index is 5.18. The molecule has 2 rings (SSSR count). The van der Waals surface area contributed by atoms with Crippen LogP contribution in [-0.2, 0) is 11.2 Å². The van der Waals surface area contributed by atoms with Crippen LogP contribution in [0.1, 0.15) is 24.6 Å². The topological polar surface area (TPSA) is 40.1 Å². The maximum absolute atomic E-state index is 5.18. The minimum atomic E-state index is 0.707. The summed E-state index contributed by atoms with van der Waals surface area (Å²) in [7, 11) is 3.92. The highest BCUT2D eigenvalue weighted by Gasteiger charge is 2.19. The fourth-order valence-corrected chi connectivity index (χ4v) is 3.84. The van der Waals surface area contributed by atoms with Gasteiger partial charge in [-0.3, -0.25) is 4.99 Å². The molecule has 1 aromatic heterocycles. The van der Waals surface area contributed by atoms with Gasteiger partial charge in [-0.05, 0) is 56.6 Å². The van der Waals surface area contributed by atoms with Crippen molar-refractivity contribution in [1.29, 1.82) is 0 Å². The monoisotopic (exact) mass is 366 g/mol. The van der Waals surface area contributed by atoms with Crippen molar-refractivity contribution in [3.8, 4) is 0 Å². The van der Waals surface area contributed by atoms with Gasteiger partial charge in [0.2, 0.25) is 0 Å². The lowest BCUT2D eigenvalue weighted by Crippen LogP contribution is -2.41. The number of nitrogens with one attached hydrogen (secondary N) is 1. The van der Waals surface area contributed by atoms with Crippen molar-refractivity contribution in [2.45, 2.75) is 26.2 Å². The zero-order valence-electron chi connectivity index (χ0n) is 16.0. The third-order valence-corrected chi connectivity index (χ3v) is 5.72. The van der Waals surface area contributed by atoms with Crippen molar-refractivity contribution in [3.63, 3.8) is 0 Å². The van der Waals surface area contributed by atoms with Gasteiger partial charge in [0.1, 0.15) is 0 Å². The molecule has 0 spiro atoms. The summed E-state index contributed by atoms with van der Waals surface area (Å²) in [5, 5.41) is 5.59. The van der Waals surface area contributed by atoms with E-state index >= 15 is 0 Å². The van der Waals surface area contributed by atoms with Crippen LogP contribution in [0.3, 0.4) is 0 Å². The molecule has 2 heterocycles. The van der Waals surface area contributed by atoms with Crippen molar-refractivity contribution in [3.05, 3.63) is 22.4 Å². The normalized spacial score (nSPS) is 17.0. The molecule has 1 aliphatic heterocycles. The highest BCUT2D eigenvalue weighted by Crippen LogP contribution is 2.17. The minimum absolute atomic E-state index is 0.707. The van der Waals surface area contributed by atoms with E-state index in [-0.39, 0.29) is 0 Å². The highest BCUT2D eigenvalue weighted by atomic mass is 32.1. The van der Waals surface area contributed by atoms with Gasteiger partial charge in [0.15, 0.2) is 5.96 Å². The van der Waals surface area contributed by atoms with Crippen LogP contribution in [-0.4, -0.2) is 75.8 Å². The number of piperidine rings is 1. The number of likely N-dealkylation sites (tertiary alicyclic amines) is 1. The van der Waals surface area contributed by atoms with Crippen LogP contribution in [0, 0.1) is 5.92 Å². The molecule has 0 radical (unpaired) electrons. The van der Waals surface area contributed by atoms with Crippen molar-refractivity contribution < 1.29 is 4.74 Å². The van der Waals surface area contributed by atoms with Crippen molar-refractivity contribution in [1.82, 2.24) is 15.1 Å². The molecule has 0 saturated carbocycles. The first-order chi connectivity index (χ1) is 12.2. The standard InChI is InChI=1S/C19H34N4OS/c1-4-20-19(22(2)10-9-18-6-5-15-25-18)21-16-17-7-11-23(12-8-17)13-14-24-3/h5-6,15,17H,4,7-14,16H2,1-3H3,(H,20,21). The number of ether oxygens (including phenoxy) is 1. The number of hydrogen-bond acceptors (Lipinski definition) is 4. The number of thiophene rings is 1. The van der Waals surface area contributed by atoms with E-state index in [0.29, 0.717) is 5.92 Å². The van der Waals surface area contributed by atoms with Gasteiger partial charge in [-0.15, -0.1) is 11.3 Å². The average molecular weight is 367 g/mol. The Morgan fingerprint density at radius 1 is 1.44 bits per heavy atom. The molecule has 0 aliphatic carbocycles. The lowest BCUT2D eigenvalue weighted by Gasteiger charge is -2.31. The van der Waals surface area contributed by atoms with Gasteiger partial charge in [-0.2, -0.15) is 0 Å². The van der Waals surface area contributed by atoms with E-state index in [0.717, 1.165) is 45.2 Å². The summed E-state index contributed by atoms with van der Waals surface area (Å²) in [6.45, 7) is 9.23. The van der Waals surface area contributed by atoms with Gasteiger partial charge < -0.3 is 19.9 Å². The molecule has 0 amide bonds. The zero-order valence-corrected chi connectivity index (χ0v) is 16.9. The number of hydrogen-bond donors (Lipinski definition) is 1. The molecular weight excluding hydrogens is 332 g/mol. The molecule has 1 fully saturated rings. The molecule has 1 aromatic rings. The summed E-state index contributed by atoms with van der Waals surface area (Å²) < 4.78 is 5.18. The van der Waals surface area contributed by atoms with Gasteiger partial charge >= 0.3 is 0 Å². The number of likely N-dealkylation sites (N-methyl/N-ethyl adjacent to an activating group) is 1. The lowest BCUT2D eigenvalue weighted by molar-refractivity contribution is 0.121. The van der Waals surface area contributed by atoms with E-state index in [1.807, 2.05) is 11.3 Å². The molecule has 1 saturated heterocycles. The Hall–Kier alpha value is -1.11. The van der Waals surface area contributed by atoms with E-state index in [2.05, 4.69) is 46.6 Å². The first-order valence-electron chi connectivity index (χ1n) is 9.46. The number of nitrogens with zero attached hydrogens (tertiary/aromatic N) is 3. The second-order valence-corrected chi connectivity index (χ2v) is 7.76. The first-order valence-corrected chi connectivity index (χ1v) is 10.3. The third kappa shape index (κ3) is 7.34. The van der Waals surface area contributed by atoms with Crippen LogP contribution >= 0.6 is 11.3 Å². The molecule has 6 heteroatoms. The van der Waals surface area contributed by atoms with E-state index in [1.165, 1.54) is 30.8 Å². The SMILES string of the molecule is CCNC(=NCC1CCN(CCOC)CC1)N(C)CCc1cccs1. The van der Waals surface area contributed by atoms with Gasteiger partial charge in [-0.1, -0.05) is 6.07 Å². The van der Waals surface area contributed by atoms with Crippen LogP contribution in [0.4, 0.5) is 0 Å². The molecule has 1 N–H and O–H groups in total. The second kappa shape index (κ2) is 11.5. The zero-order chi connectivity index (χ0) is 17.9. The molecule has 0 unspecified atom stereocenters. The highest BCUT2D eigenvalue weighted by molar-refractivity contribution is 7.09. The Bertz CT molecular complexity index is 484. The first kappa shape index (κ1) is 20.2. The van der Waals surface area contributed by atoms with Crippen molar-refractivity contribution >= 4 is 17.3 Å². The largest absolute Gasteiger partial charge is 0.383 e. The van der Waals surface area contributed by atoms with E-state index < -0.39 is 0 Å². The molecule has 1 aliphatic rings. The molecule has 25 heavy (non-hydrogen) atoms. The fourth-order valence-electron chi connectivity index (χ4n) is 3.14. The maximum Gasteiger partial charge on any atom is 0.193 e. The Balaban J connectivity index is 1.76. The average Bonchev–Trinajstić information content (AvgIpc) is 3.16.